The number of hydrogen-bond donors (Lipinski definition) is 1. The van der Waals surface area contributed by atoms with Gasteiger partial charge in [-0.3, -0.25) is 4.90 Å². The SMILES string of the molecule is COCCN(Cc1ccc(F)cc1F)CC1CCCN1. The Morgan fingerprint density at radius 2 is 2.25 bits per heavy atom. The van der Waals surface area contributed by atoms with Gasteiger partial charge in [0.05, 0.1) is 6.61 Å². The quantitative estimate of drug-likeness (QED) is 0.830. The molecule has 112 valence electrons. The summed E-state index contributed by atoms with van der Waals surface area (Å²) in [4.78, 5) is 2.16. The van der Waals surface area contributed by atoms with Crippen LogP contribution in [0.25, 0.3) is 0 Å². The zero-order valence-electron chi connectivity index (χ0n) is 11.9. The number of hydrogen-bond acceptors (Lipinski definition) is 3. The van der Waals surface area contributed by atoms with Crippen molar-refractivity contribution >= 4 is 0 Å². The number of rotatable bonds is 7. The zero-order chi connectivity index (χ0) is 14.4. The van der Waals surface area contributed by atoms with Crippen LogP contribution in [0, 0.1) is 11.6 Å². The Morgan fingerprint density at radius 1 is 1.40 bits per heavy atom. The predicted octanol–water partition coefficient (Wildman–Crippen LogP) is 2.17. The van der Waals surface area contributed by atoms with Crippen molar-refractivity contribution in [3.63, 3.8) is 0 Å². The topological polar surface area (TPSA) is 24.5 Å². The summed E-state index contributed by atoms with van der Waals surface area (Å²) < 4.78 is 31.8. The van der Waals surface area contributed by atoms with E-state index < -0.39 is 11.6 Å². The molecule has 0 aliphatic carbocycles. The molecule has 0 saturated carbocycles. The smallest absolute Gasteiger partial charge is 0.130 e. The van der Waals surface area contributed by atoms with Gasteiger partial charge in [-0.15, -0.1) is 0 Å². The molecule has 1 fully saturated rings. The van der Waals surface area contributed by atoms with Crippen molar-refractivity contribution in [2.24, 2.45) is 0 Å². The first-order chi connectivity index (χ1) is 9.69. The lowest BCUT2D eigenvalue weighted by Gasteiger charge is -2.25. The maximum atomic E-state index is 13.7. The number of nitrogens with zero attached hydrogens (tertiary/aromatic N) is 1. The lowest BCUT2D eigenvalue weighted by Crippen LogP contribution is -2.39. The summed E-state index contributed by atoms with van der Waals surface area (Å²) in [5, 5.41) is 3.44. The van der Waals surface area contributed by atoms with Crippen LogP contribution in [0.3, 0.4) is 0 Å². The Balaban J connectivity index is 1.97. The third-order valence-electron chi connectivity index (χ3n) is 3.66. The number of methoxy groups -OCH3 is 1. The minimum absolute atomic E-state index is 0.454. The molecule has 0 amide bonds. The molecule has 0 bridgehead atoms. The van der Waals surface area contributed by atoms with Gasteiger partial charge in [-0.1, -0.05) is 6.07 Å². The number of halogens is 2. The van der Waals surface area contributed by atoms with Gasteiger partial charge >= 0.3 is 0 Å². The maximum absolute atomic E-state index is 13.7. The van der Waals surface area contributed by atoms with Crippen molar-refractivity contribution in [3.8, 4) is 0 Å². The third kappa shape index (κ3) is 4.51. The summed E-state index contributed by atoms with van der Waals surface area (Å²) in [6, 6.07) is 4.22. The van der Waals surface area contributed by atoms with Crippen molar-refractivity contribution in [1.82, 2.24) is 10.2 Å². The molecule has 1 atom stereocenters. The van der Waals surface area contributed by atoms with E-state index in [0.29, 0.717) is 24.8 Å². The van der Waals surface area contributed by atoms with Crippen LogP contribution in [0.15, 0.2) is 18.2 Å². The standard InChI is InChI=1S/C15H22F2N2O/c1-20-8-7-19(11-14-3-2-6-18-14)10-12-4-5-13(16)9-15(12)17/h4-5,9,14,18H,2-3,6-8,10-11H2,1H3. The highest BCUT2D eigenvalue weighted by molar-refractivity contribution is 5.18. The fraction of sp³-hybridized carbons (Fsp3) is 0.600. The van der Waals surface area contributed by atoms with Gasteiger partial charge in [-0.25, -0.2) is 8.78 Å². The van der Waals surface area contributed by atoms with Crippen LogP contribution >= 0.6 is 0 Å². The van der Waals surface area contributed by atoms with Gasteiger partial charge in [0.15, 0.2) is 0 Å². The van der Waals surface area contributed by atoms with Gasteiger partial charge < -0.3 is 10.1 Å². The molecule has 1 N–H and O–H groups in total. The average Bonchev–Trinajstić information content (AvgIpc) is 2.92. The fourth-order valence-corrected chi connectivity index (χ4v) is 2.57. The lowest BCUT2D eigenvalue weighted by molar-refractivity contribution is 0.137. The van der Waals surface area contributed by atoms with Crippen molar-refractivity contribution in [2.45, 2.75) is 25.4 Å². The van der Waals surface area contributed by atoms with Gasteiger partial charge in [0, 0.05) is 44.4 Å². The van der Waals surface area contributed by atoms with Crippen LogP contribution in [0.5, 0.6) is 0 Å². The second kappa shape index (κ2) is 7.67. The van der Waals surface area contributed by atoms with Crippen molar-refractivity contribution in [1.29, 1.82) is 0 Å². The van der Waals surface area contributed by atoms with Crippen LogP contribution in [-0.4, -0.2) is 44.3 Å². The molecule has 0 spiro atoms. The molecule has 1 aromatic carbocycles. The normalized spacial score (nSPS) is 18.9. The molecule has 1 heterocycles. The molecule has 1 aliphatic heterocycles. The molecule has 3 nitrogen and oxygen atoms in total. The number of benzene rings is 1. The van der Waals surface area contributed by atoms with E-state index in [1.165, 1.54) is 18.6 Å². The highest BCUT2D eigenvalue weighted by atomic mass is 19.1. The summed E-state index contributed by atoms with van der Waals surface area (Å²) in [6.07, 6.45) is 2.34. The molecule has 1 aromatic rings. The second-order valence-corrected chi connectivity index (χ2v) is 5.26. The Bertz CT molecular complexity index is 422. The van der Waals surface area contributed by atoms with Crippen LogP contribution in [0.4, 0.5) is 8.78 Å². The Labute approximate surface area is 118 Å². The largest absolute Gasteiger partial charge is 0.383 e. The van der Waals surface area contributed by atoms with E-state index in [1.54, 1.807) is 7.11 Å². The summed E-state index contributed by atoms with van der Waals surface area (Å²) in [5.41, 5.74) is 0.528. The molecular weight excluding hydrogens is 262 g/mol. The fourth-order valence-electron chi connectivity index (χ4n) is 2.57. The van der Waals surface area contributed by atoms with Gasteiger partial charge in [-0.05, 0) is 25.5 Å². The van der Waals surface area contributed by atoms with Gasteiger partial charge in [-0.2, -0.15) is 0 Å². The molecule has 1 aliphatic rings. The number of ether oxygens (including phenoxy) is 1. The predicted molar refractivity (Wildman–Crippen MR) is 74.5 cm³/mol. The van der Waals surface area contributed by atoms with Gasteiger partial charge in [0.1, 0.15) is 11.6 Å². The van der Waals surface area contributed by atoms with E-state index in [1.807, 2.05) is 0 Å². The maximum Gasteiger partial charge on any atom is 0.130 e. The molecular formula is C15H22F2N2O. The van der Waals surface area contributed by atoms with Crippen LogP contribution < -0.4 is 5.32 Å². The summed E-state index contributed by atoms with van der Waals surface area (Å²) in [6.45, 7) is 3.74. The van der Waals surface area contributed by atoms with Crippen molar-refractivity contribution < 1.29 is 13.5 Å². The lowest BCUT2D eigenvalue weighted by atomic mass is 10.1. The first kappa shape index (κ1) is 15.4. The average molecular weight is 284 g/mol. The monoisotopic (exact) mass is 284 g/mol. The third-order valence-corrected chi connectivity index (χ3v) is 3.66. The molecule has 0 aromatic heterocycles. The first-order valence-electron chi connectivity index (χ1n) is 7.07. The van der Waals surface area contributed by atoms with E-state index in [2.05, 4.69) is 10.2 Å². The first-order valence-corrected chi connectivity index (χ1v) is 7.07. The Morgan fingerprint density at radius 3 is 2.90 bits per heavy atom. The second-order valence-electron chi connectivity index (χ2n) is 5.26. The van der Waals surface area contributed by atoms with Crippen LogP contribution in [0.2, 0.25) is 0 Å². The minimum atomic E-state index is -0.535. The molecule has 0 radical (unpaired) electrons. The minimum Gasteiger partial charge on any atom is -0.383 e. The van der Waals surface area contributed by atoms with E-state index in [4.69, 9.17) is 4.74 Å². The van der Waals surface area contributed by atoms with E-state index in [0.717, 1.165) is 32.1 Å². The number of nitrogens with one attached hydrogen (secondary N) is 1. The molecule has 2 rings (SSSR count). The summed E-state index contributed by atoms with van der Waals surface area (Å²) in [5.74, 6) is -1.01. The zero-order valence-corrected chi connectivity index (χ0v) is 11.9. The van der Waals surface area contributed by atoms with Crippen molar-refractivity contribution in [2.75, 3.05) is 33.4 Å². The van der Waals surface area contributed by atoms with Crippen molar-refractivity contribution in [3.05, 3.63) is 35.4 Å². The highest BCUT2D eigenvalue weighted by Crippen LogP contribution is 2.14. The van der Waals surface area contributed by atoms with Crippen LogP contribution in [0.1, 0.15) is 18.4 Å². The van der Waals surface area contributed by atoms with Gasteiger partial charge in [0.2, 0.25) is 0 Å². The molecule has 20 heavy (non-hydrogen) atoms. The molecule has 1 unspecified atom stereocenters. The van der Waals surface area contributed by atoms with Gasteiger partial charge in [0.25, 0.3) is 0 Å². The van der Waals surface area contributed by atoms with E-state index >= 15 is 0 Å². The van der Waals surface area contributed by atoms with Crippen LogP contribution in [-0.2, 0) is 11.3 Å². The summed E-state index contributed by atoms with van der Waals surface area (Å²) in [7, 11) is 1.66. The Hall–Kier alpha value is -1.04. The van der Waals surface area contributed by atoms with E-state index in [-0.39, 0.29) is 0 Å². The molecule has 5 heteroatoms. The van der Waals surface area contributed by atoms with E-state index in [9.17, 15) is 8.78 Å². The highest BCUT2D eigenvalue weighted by Gasteiger charge is 2.18. The Kier molecular flexibility index (Phi) is 5.88. The summed E-state index contributed by atoms with van der Waals surface area (Å²) >= 11 is 0. The molecule has 1 saturated heterocycles.